The molecule has 2 aromatic carbocycles. The average Bonchev–Trinajstić information content (AvgIpc) is 2.48. The van der Waals surface area contributed by atoms with Crippen molar-refractivity contribution in [1.29, 1.82) is 0 Å². The minimum Gasteiger partial charge on any atom is -0.384 e. The van der Waals surface area contributed by atoms with Crippen LogP contribution in [0.3, 0.4) is 0 Å². The Labute approximate surface area is 122 Å². The number of hydrogen-bond acceptors (Lipinski definition) is 2. The Kier molecular flexibility index (Phi) is 4.70. The molecule has 2 aromatic rings. The van der Waals surface area contributed by atoms with Gasteiger partial charge in [-0.05, 0) is 36.8 Å². The lowest BCUT2D eigenvalue weighted by Gasteiger charge is -2.08. The van der Waals surface area contributed by atoms with Crippen molar-refractivity contribution in [1.82, 2.24) is 0 Å². The molecule has 0 aliphatic heterocycles. The van der Waals surface area contributed by atoms with Gasteiger partial charge >= 0.3 is 0 Å². The number of amides is 1. The Hall–Kier alpha value is -2.64. The predicted molar refractivity (Wildman–Crippen MR) is 79.5 cm³/mol. The van der Waals surface area contributed by atoms with Crippen LogP contribution in [0.25, 0.3) is 0 Å². The van der Waals surface area contributed by atoms with Gasteiger partial charge in [-0.25, -0.2) is 4.39 Å². The molecule has 3 nitrogen and oxygen atoms in total. The van der Waals surface area contributed by atoms with Gasteiger partial charge in [0, 0.05) is 5.56 Å². The number of carbonyl (C=O) groups is 1. The zero-order valence-electron chi connectivity index (χ0n) is 11.5. The van der Waals surface area contributed by atoms with Crippen LogP contribution in [0.1, 0.15) is 21.5 Å². The smallest absolute Gasteiger partial charge is 0.257 e. The predicted octanol–water partition coefficient (Wildman–Crippen LogP) is 2.73. The fourth-order valence-corrected chi connectivity index (χ4v) is 1.84. The van der Waals surface area contributed by atoms with Gasteiger partial charge in [-0.3, -0.25) is 4.79 Å². The van der Waals surface area contributed by atoms with Gasteiger partial charge in [-0.2, -0.15) is 0 Å². The molecule has 0 heterocycles. The van der Waals surface area contributed by atoms with E-state index < -0.39 is 11.7 Å². The normalized spacial score (nSPS) is 9.67. The van der Waals surface area contributed by atoms with Crippen molar-refractivity contribution in [3.05, 3.63) is 65.0 Å². The number of hydrogen-bond donors (Lipinski definition) is 2. The van der Waals surface area contributed by atoms with Crippen LogP contribution in [0.5, 0.6) is 0 Å². The van der Waals surface area contributed by atoms with Crippen LogP contribution < -0.4 is 5.32 Å². The van der Waals surface area contributed by atoms with Crippen molar-refractivity contribution in [2.75, 3.05) is 11.9 Å². The summed E-state index contributed by atoms with van der Waals surface area (Å²) in [4.78, 5) is 12.2. The molecular formula is C17H14FNO2. The number of aryl methyl sites for hydroxylation is 1. The Morgan fingerprint density at radius 2 is 2.05 bits per heavy atom. The summed E-state index contributed by atoms with van der Waals surface area (Å²) in [6, 6.07) is 11.3. The fourth-order valence-electron chi connectivity index (χ4n) is 1.84. The molecule has 106 valence electrons. The first-order chi connectivity index (χ1) is 10.1. The quantitative estimate of drug-likeness (QED) is 0.833. The van der Waals surface area contributed by atoms with E-state index in [4.69, 9.17) is 5.11 Å². The van der Waals surface area contributed by atoms with Crippen LogP contribution in [-0.2, 0) is 0 Å². The summed E-state index contributed by atoms with van der Waals surface area (Å²) in [6.45, 7) is 1.48. The first kappa shape index (κ1) is 14.8. The molecule has 0 fully saturated rings. The minimum atomic E-state index is -0.484. The van der Waals surface area contributed by atoms with Crippen molar-refractivity contribution in [3.63, 3.8) is 0 Å². The van der Waals surface area contributed by atoms with Crippen molar-refractivity contribution < 1.29 is 14.3 Å². The van der Waals surface area contributed by atoms with Crippen molar-refractivity contribution >= 4 is 11.6 Å². The summed E-state index contributed by atoms with van der Waals surface area (Å²) in [5.74, 6) is 4.26. The SMILES string of the molecule is Cc1ccc(NC(=O)c2ccccc2C#CCO)c(F)c1. The molecule has 0 aliphatic rings. The van der Waals surface area contributed by atoms with E-state index in [0.29, 0.717) is 11.1 Å². The molecule has 0 spiro atoms. The standard InChI is InChI=1S/C17H14FNO2/c1-12-8-9-16(15(18)11-12)19-17(21)14-7-3-2-5-13(14)6-4-10-20/h2-3,5,7-9,11,20H,10H2,1H3,(H,19,21). The van der Waals surface area contributed by atoms with Gasteiger partial charge in [0.2, 0.25) is 0 Å². The molecule has 0 atom stereocenters. The van der Waals surface area contributed by atoms with E-state index >= 15 is 0 Å². The highest BCUT2D eigenvalue weighted by Gasteiger charge is 2.12. The van der Waals surface area contributed by atoms with Gasteiger partial charge < -0.3 is 10.4 Å². The molecule has 0 saturated heterocycles. The number of nitrogens with one attached hydrogen (secondary N) is 1. The molecule has 0 bridgehead atoms. The second kappa shape index (κ2) is 6.69. The van der Waals surface area contributed by atoms with Crippen LogP contribution in [0.2, 0.25) is 0 Å². The van der Waals surface area contributed by atoms with E-state index in [2.05, 4.69) is 17.2 Å². The third kappa shape index (κ3) is 3.68. The maximum absolute atomic E-state index is 13.8. The van der Waals surface area contributed by atoms with Gasteiger partial charge in [-0.1, -0.05) is 30.0 Å². The van der Waals surface area contributed by atoms with E-state index in [9.17, 15) is 9.18 Å². The number of aliphatic hydroxyl groups excluding tert-OH is 1. The molecule has 4 heteroatoms. The molecule has 0 aromatic heterocycles. The molecule has 2 N–H and O–H groups in total. The van der Waals surface area contributed by atoms with Crippen LogP contribution in [0, 0.1) is 24.6 Å². The highest BCUT2D eigenvalue weighted by molar-refractivity contribution is 6.06. The van der Waals surface area contributed by atoms with Crippen LogP contribution in [-0.4, -0.2) is 17.6 Å². The van der Waals surface area contributed by atoms with Gasteiger partial charge in [0.25, 0.3) is 5.91 Å². The largest absolute Gasteiger partial charge is 0.384 e. The molecule has 2 rings (SSSR count). The van der Waals surface area contributed by atoms with Crippen LogP contribution in [0.15, 0.2) is 42.5 Å². The Morgan fingerprint density at radius 3 is 2.76 bits per heavy atom. The Bertz CT molecular complexity index is 729. The second-order valence-electron chi connectivity index (χ2n) is 4.44. The summed E-state index contributed by atoms with van der Waals surface area (Å²) in [7, 11) is 0. The number of carbonyl (C=O) groups excluding carboxylic acids is 1. The maximum atomic E-state index is 13.8. The lowest BCUT2D eigenvalue weighted by molar-refractivity contribution is 0.102. The highest BCUT2D eigenvalue weighted by Crippen LogP contribution is 2.17. The zero-order chi connectivity index (χ0) is 15.2. The van der Waals surface area contributed by atoms with Gasteiger partial charge in [0.1, 0.15) is 12.4 Å². The Morgan fingerprint density at radius 1 is 1.29 bits per heavy atom. The number of benzene rings is 2. The van der Waals surface area contributed by atoms with Crippen LogP contribution >= 0.6 is 0 Å². The maximum Gasteiger partial charge on any atom is 0.257 e. The second-order valence-corrected chi connectivity index (χ2v) is 4.44. The summed E-state index contributed by atoms with van der Waals surface area (Å²) >= 11 is 0. The van der Waals surface area contributed by atoms with E-state index in [-0.39, 0.29) is 12.3 Å². The topological polar surface area (TPSA) is 49.3 Å². The van der Waals surface area contributed by atoms with Gasteiger partial charge in [0.05, 0.1) is 11.3 Å². The van der Waals surface area contributed by atoms with Crippen molar-refractivity contribution in [2.45, 2.75) is 6.92 Å². The van der Waals surface area contributed by atoms with E-state index in [1.54, 1.807) is 37.3 Å². The number of anilines is 1. The highest BCUT2D eigenvalue weighted by atomic mass is 19.1. The lowest BCUT2D eigenvalue weighted by atomic mass is 10.1. The molecule has 1 amide bonds. The summed E-state index contributed by atoms with van der Waals surface area (Å²) in [5.41, 5.74) is 1.71. The third-order valence-electron chi connectivity index (χ3n) is 2.85. The minimum absolute atomic E-state index is 0.121. The molecule has 0 unspecified atom stereocenters. The van der Waals surface area contributed by atoms with Crippen LogP contribution in [0.4, 0.5) is 10.1 Å². The molecule has 0 saturated carbocycles. The van der Waals surface area contributed by atoms with Crippen molar-refractivity contribution in [2.24, 2.45) is 0 Å². The third-order valence-corrected chi connectivity index (χ3v) is 2.85. The number of aliphatic hydroxyl groups is 1. The summed E-state index contributed by atoms with van der Waals surface area (Å²) < 4.78 is 13.8. The fraction of sp³-hybridized carbons (Fsp3) is 0.118. The number of halogens is 1. The monoisotopic (exact) mass is 283 g/mol. The van der Waals surface area contributed by atoms with Gasteiger partial charge in [0.15, 0.2) is 0 Å². The lowest BCUT2D eigenvalue weighted by Crippen LogP contribution is -2.14. The van der Waals surface area contributed by atoms with Gasteiger partial charge in [-0.15, -0.1) is 0 Å². The summed E-state index contributed by atoms with van der Waals surface area (Å²) in [5, 5.41) is 11.3. The Balaban J connectivity index is 2.28. The summed E-state index contributed by atoms with van der Waals surface area (Å²) in [6.07, 6.45) is 0. The van der Waals surface area contributed by atoms with E-state index in [1.807, 2.05) is 0 Å². The molecule has 0 radical (unpaired) electrons. The average molecular weight is 283 g/mol. The molecule has 0 aliphatic carbocycles. The van der Waals surface area contributed by atoms with E-state index in [1.165, 1.54) is 12.1 Å². The first-order valence-electron chi connectivity index (χ1n) is 6.38. The van der Waals surface area contributed by atoms with Crippen molar-refractivity contribution in [3.8, 4) is 11.8 Å². The number of rotatable bonds is 2. The molecule has 21 heavy (non-hydrogen) atoms. The molecular weight excluding hydrogens is 269 g/mol. The first-order valence-corrected chi connectivity index (χ1v) is 6.38. The zero-order valence-corrected chi connectivity index (χ0v) is 11.5. The van der Waals surface area contributed by atoms with E-state index in [0.717, 1.165) is 5.56 Å².